The Hall–Kier alpha value is -2.83. The first-order chi connectivity index (χ1) is 14.3. The molecule has 30 heavy (non-hydrogen) atoms. The van der Waals surface area contributed by atoms with Crippen LogP contribution in [0.3, 0.4) is 0 Å². The summed E-state index contributed by atoms with van der Waals surface area (Å²) in [6, 6.07) is 18.3. The van der Waals surface area contributed by atoms with Gasteiger partial charge in [0, 0.05) is 35.3 Å². The first-order valence-electron chi connectivity index (χ1n) is 9.02. The Morgan fingerprint density at radius 3 is 2.50 bits per heavy atom. The van der Waals surface area contributed by atoms with Gasteiger partial charge in [0.1, 0.15) is 0 Å². The summed E-state index contributed by atoms with van der Waals surface area (Å²) >= 11 is 7.74. The van der Waals surface area contributed by atoms with Crippen LogP contribution in [0.25, 0.3) is 21.7 Å². The summed E-state index contributed by atoms with van der Waals surface area (Å²) in [6.45, 7) is 0.376. The molecule has 0 aliphatic carbocycles. The minimum Gasteiger partial charge on any atom is -0.343 e. The Morgan fingerprint density at radius 2 is 1.77 bits per heavy atom. The normalized spacial score (nSPS) is 11.6. The second kappa shape index (κ2) is 8.13. The van der Waals surface area contributed by atoms with Crippen molar-refractivity contribution in [3.05, 3.63) is 105 Å². The zero-order chi connectivity index (χ0) is 21.3. The topological polar surface area (TPSA) is 22.0 Å². The molecular weight excluding hydrogens is 431 g/mol. The molecule has 2 nitrogen and oxygen atoms in total. The zero-order valence-corrected chi connectivity index (χ0v) is 17.1. The number of nitrogens with zero attached hydrogens (tertiary/aromatic N) is 1. The standard InChI is InChI=1S/C23H15ClF3NOS/c24-22-18(6-2-7-19(22)23(25,26)27)20-13-17(29)9-10-28(20)14-15-4-1-5-16(12-15)21-8-3-11-30-21/h1-13H,14H2. The highest BCUT2D eigenvalue weighted by Crippen LogP contribution is 2.39. The molecule has 152 valence electrons. The van der Waals surface area contributed by atoms with Crippen LogP contribution < -0.4 is 5.43 Å². The van der Waals surface area contributed by atoms with Crippen LogP contribution in [-0.4, -0.2) is 4.57 Å². The lowest BCUT2D eigenvalue weighted by atomic mass is 10.1. The van der Waals surface area contributed by atoms with E-state index in [1.807, 2.05) is 41.8 Å². The van der Waals surface area contributed by atoms with Crippen molar-refractivity contribution in [1.82, 2.24) is 4.57 Å². The van der Waals surface area contributed by atoms with Gasteiger partial charge in [0.25, 0.3) is 0 Å². The maximum Gasteiger partial charge on any atom is 0.417 e. The lowest BCUT2D eigenvalue weighted by molar-refractivity contribution is -0.137. The van der Waals surface area contributed by atoms with Gasteiger partial charge in [-0.25, -0.2) is 0 Å². The maximum absolute atomic E-state index is 13.3. The second-order valence-corrected chi connectivity index (χ2v) is 8.04. The second-order valence-electron chi connectivity index (χ2n) is 6.72. The van der Waals surface area contributed by atoms with E-state index in [9.17, 15) is 18.0 Å². The molecule has 0 saturated heterocycles. The van der Waals surface area contributed by atoms with Crippen LogP contribution in [0, 0.1) is 0 Å². The van der Waals surface area contributed by atoms with Crippen LogP contribution in [0.5, 0.6) is 0 Å². The molecule has 0 bridgehead atoms. The van der Waals surface area contributed by atoms with E-state index in [2.05, 4.69) is 0 Å². The van der Waals surface area contributed by atoms with Crippen molar-refractivity contribution in [2.75, 3.05) is 0 Å². The van der Waals surface area contributed by atoms with Crippen molar-refractivity contribution in [1.29, 1.82) is 0 Å². The van der Waals surface area contributed by atoms with Crippen LogP contribution in [0.15, 0.2) is 83.1 Å². The van der Waals surface area contributed by atoms with Gasteiger partial charge in [0.2, 0.25) is 0 Å². The molecule has 2 aromatic carbocycles. The Kier molecular flexibility index (Phi) is 5.54. The fourth-order valence-electron chi connectivity index (χ4n) is 3.29. The van der Waals surface area contributed by atoms with E-state index >= 15 is 0 Å². The van der Waals surface area contributed by atoms with Gasteiger partial charge in [-0.2, -0.15) is 13.2 Å². The fraction of sp³-hybridized carbons (Fsp3) is 0.0870. The predicted molar refractivity (Wildman–Crippen MR) is 115 cm³/mol. The third-order valence-electron chi connectivity index (χ3n) is 4.67. The number of rotatable bonds is 4. The molecule has 2 heterocycles. The van der Waals surface area contributed by atoms with Crippen LogP contribution >= 0.6 is 22.9 Å². The number of thiophene rings is 1. The number of benzene rings is 2. The van der Waals surface area contributed by atoms with Crippen LogP contribution in [0.1, 0.15) is 11.1 Å². The van der Waals surface area contributed by atoms with E-state index in [4.69, 9.17) is 11.6 Å². The van der Waals surface area contributed by atoms with Gasteiger partial charge in [-0.3, -0.25) is 4.79 Å². The number of aromatic nitrogens is 1. The minimum absolute atomic E-state index is 0.165. The number of hydrogen-bond acceptors (Lipinski definition) is 2. The molecule has 0 fully saturated rings. The van der Waals surface area contributed by atoms with E-state index in [1.54, 1.807) is 22.1 Å². The summed E-state index contributed by atoms with van der Waals surface area (Å²) in [5.74, 6) is 0. The molecular formula is C23H15ClF3NOS. The summed E-state index contributed by atoms with van der Waals surface area (Å²) in [6.07, 6.45) is -3.01. The first-order valence-corrected chi connectivity index (χ1v) is 10.3. The Balaban J connectivity index is 1.78. The van der Waals surface area contributed by atoms with Gasteiger partial charge in [-0.05, 0) is 34.7 Å². The Morgan fingerprint density at radius 1 is 0.967 bits per heavy atom. The number of alkyl halides is 3. The average molecular weight is 446 g/mol. The third-order valence-corrected chi connectivity index (χ3v) is 6.00. The average Bonchev–Trinajstić information content (AvgIpc) is 3.24. The first kappa shape index (κ1) is 20.4. The molecule has 0 amide bonds. The van der Waals surface area contributed by atoms with Gasteiger partial charge < -0.3 is 4.57 Å². The van der Waals surface area contributed by atoms with Gasteiger partial charge in [0.05, 0.1) is 16.3 Å². The molecule has 0 radical (unpaired) electrons. The van der Waals surface area contributed by atoms with E-state index in [0.29, 0.717) is 12.2 Å². The highest BCUT2D eigenvalue weighted by molar-refractivity contribution is 7.13. The highest BCUT2D eigenvalue weighted by atomic mass is 35.5. The summed E-state index contributed by atoms with van der Waals surface area (Å²) < 4.78 is 41.6. The van der Waals surface area contributed by atoms with E-state index in [1.165, 1.54) is 24.3 Å². The summed E-state index contributed by atoms with van der Waals surface area (Å²) in [7, 11) is 0. The summed E-state index contributed by atoms with van der Waals surface area (Å²) in [5, 5.41) is 1.58. The molecule has 0 aliphatic heterocycles. The monoisotopic (exact) mass is 445 g/mol. The quantitative estimate of drug-likeness (QED) is 0.332. The summed E-state index contributed by atoms with van der Waals surface area (Å²) in [4.78, 5) is 13.1. The van der Waals surface area contributed by atoms with Crippen LogP contribution in [-0.2, 0) is 12.7 Å². The van der Waals surface area contributed by atoms with Gasteiger partial charge in [-0.15, -0.1) is 11.3 Å². The Labute approximate surface area is 179 Å². The van der Waals surface area contributed by atoms with Crippen LogP contribution in [0.4, 0.5) is 13.2 Å². The summed E-state index contributed by atoms with van der Waals surface area (Å²) in [5.41, 5.74) is 1.28. The molecule has 0 aliphatic rings. The van der Waals surface area contributed by atoms with Crippen molar-refractivity contribution < 1.29 is 13.2 Å². The van der Waals surface area contributed by atoms with E-state index < -0.39 is 16.8 Å². The molecule has 2 aromatic heterocycles. The van der Waals surface area contributed by atoms with Gasteiger partial charge in [0.15, 0.2) is 5.43 Å². The molecule has 0 N–H and O–H groups in total. The maximum atomic E-state index is 13.3. The largest absolute Gasteiger partial charge is 0.417 e. The van der Waals surface area contributed by atoms with E-state index in [-0.39, 0.29) is 11.0 Å². The van der Waals surface area contributed by atoms with Gasteiger partial charge >= 0.3 is 6.18 Å². The zero-order valence-electron chi connectivity index (χ0n) is 15.5. The molecule has 0 spiro atoms. The predicted octanol–water partition coefficient (Wildman–Crippen LogP) is 6.96. The molecule has 0 saturated carbocycles. The molecule has 4 aromatic rings. The van der Waals surface area contributed by atoms with Gasteiger partial charge in [-0.1, -0.05) is 48.0 Å². The van der Waals surface area contributed by atoms with Crippen molar-refractivity contribution in [3.8, 4) is 21.7 Å². The fourth-order valence-corrected chi connectivity index (χ4v) is 4.34. The highest BCUT2D eigenvalue weighted by Gasteiger charge is 2.34. The SMILES string of the molecule is O=c1ccn(Cc2cccc(-c3cccs3)c2)c(-c2cccc(C(F)(F)F)c2Cl)c1. The van der Waals surface area contributed by atoms with E-state index in [0.717, 1.165) is 22.1 Å². The number of hydrogen-bond donors (Lipinski definition) is 0. The molecule has 4 rings (SSSR count). The van der Waals surface area contributed by atoms with Crippen molar-refractivity contribution in [3.63, 3.8) is 0 Å². The number of pyridine rings is 1. The van der Waals surface area contributed by atoms with Crippen LogP contribution in [0.2, 0.25) is 5.02 Å². The lowest BCUT2D eigenvalue weighted by Crippen LogP contribution is -2.11. The minimum atomic E-state index is -4.58. The van der Waals surface area contributed by atoms with Crippen molar-refractivity contribution in [2.24, 2.45) is 0 Å². The Bertz CT molecular complexity index is 1250. The molecule has 7 heteroatoms. The third kappa shape index (κ3) is 4.20. The number of halogens is 4. The van der Waals surface area contributed by atoms with Crippen molar-refractivity contribution in [2.45, 2.75) is 12.7 Å². The molecule has 0 atom stereocenters. The molecule has 0 unspecified atom stereocenters. The lowest BCUT2D eigenvalue weighted by Gasteiger charge is -2.17. The smallest absolute Gasteiger partial charge is 0.343 e. The van der Waals surface area contributed by atoms with Crippen molar-refractivity contribution >= 4 is 22.9 Å².